The second kappa shape index (κ2) is 3.11. The van der Waals surface area contributed by atoms with E-state index < -0.39 is 10.0 Å². The summed E-state index contributed by atoms with van der Waals surface area (Å²) in [6.07, 6.45) is 1.24. The molecule has 0 atom stereocenters. The van der Waals surface area contributed by atoms with Gasteiger partial charge in [0.15, 0.2) is 10.8 Å². The van der Waals surface area contributed by atoms with Crippen LogP contribution in [-0.4, -0.2) is 24.9 Å². The molecule has 7 heteroatoms. The molecule has 0 aliphatic rings. The Hall–Kier alpha value is -1.08. The molecular formula is C5H10N4O2S. The largest absolute Gasteiger partial charge is 0.381 e. The van der Waals surface area contributed by atoms with Crippen LogP contribution in [0.4, 0.5) is 5.82 Å². The third-order valence-corrected chi connectivity index (χ3v) is 2.77. The molecule has 12 heavy (non-hydrogen) atoms. The number of rotatable bonds is 3. The number of aromatic amines is 1. The van der Waals surface area contributed by atoms with Gasteiger partial charge in [0.1, 0.15) is 0 Å². The number of aromatic nitrogens is 2. The number of imidazole rings is 1. The minimum absolute atomic E-state index is 0.0176. The Morgan fingerprint density at radius 2 is 2.42 bits per heavy atom. The van der Waals surface area contributed by atoms with E-state index in [4.69, 9.17) is 5.73 Å². The van der Waals surface area contributed by atoms with Crippen LogP contribution in [0.2, 0.25) is 0 Å². The van der Waals surface area contributed by atoms with E-state index in [0.717, 1.165) is 0 Å². The van der Waals surface area contributed by atoms with Gasteiger partial charge in [0.05, 0.1) is 6.33 Å². The molecule has 68 valence electrons. The first-order valence-electron chi connectivity index (χ1n) is 3.36. The summed E-state index contributed by atoms with van der Waals surface area (Å²) in [7, 11) is -3.49. The summed E-state index contributed by atoms with van der Waals surface area (Å²) in [5.74, 6) is -0.0176. The molecule has 0 amide bonds. The minimum atomic E-state index is -3.49. The highest BCUT2D eigenvalue weighted by Gasteiger charge is 2.17. The van der Waals surface area contributed by atoms with E-state index in [0.29, 0.717) is 6.54 Å². The number of nitrogens with zero attached hydrogens (tertiary/aromatic N) is 1. The van der Waals surface area contributed by atoms with Crippen LogP contribution in [0.15, 0.2) is 11.4 Å². The highest BCUT2D eigenvalue weighted by Crippen LogP contribution is 2.10. The molecule has 4 N–H and O–H groups in total. The first-order chi connectivity index (χ1) is 5.58. The van der Waals surface area contributed by atoms with Gasteiger partial charge in [-0.05, 0) is 0 Å². The van der Waals surface area contributed by atoms with E-state index in [1.54, 1.807) is 6.92 Å². The lowest BCUT2D eigenvalue weighted by Crippen LogP contribution is -2.24. The Kier molecular flexibility index (Phi) is 2.34. The maximum atomic E-state index is 11.3. The Morgan fingerprint density at radius 3 is 2.83 bits per heavy atom. The van der Waals surface area contributed by atoms with E-state index in [2.05, 4.69) is 14.7 Å². The van der Waals surface area contributed by atoms with Crippen molar-refractivity contribution in [2.24, 2.45) is 0 Å². The maximum absolute atomic E-state index is 11.3. The summed E-state index contributed by atoms with van der Waals surface area (Å²) in [5.41, 5.74) is 5.30. The zero-order chi connectivity index (χ0) is 9.19. The molecule has 1 aromatic heterocycles. The predicted molar refractivity (Wildman–Crippen MR) is 43.9 cm³/mol. The highest BCUT2D eigenvalue weighted by molar-refractivity contribution is 7.89. The van der Waals surface area contributed by atoms with Gasteiger partial charge in [-0.2, -0.15) is 0 Å². The second-order valence-electron chi connectivity index (χ2n) is 2.12. The van der Waals surface area contributed by atoms with E-state index in [1.807, 2.05) is 0 Å². The fourth-order valence-corrected chi connectivity index (χ4v) is 1.83. The summed E-state index contributed by atoms with van der Waals surface area (Å²) >= 11 is 0. The van der Waals surface area contributed by atoms with Gasteiger partial charge in [0, 0.05) is 6.54 Å². The third-order valence-electron chi connectivity index (χ3n) is 1.24. The van der Waals surface area contributed by atoms with Crippen molar-refractivity contribution in [1.29, 1.82) is 0 Å². The number of nitrogens with one attached hydrogen (secondary N) is 2. The van der Waals surface area contributed by atoms with Gasteiger partial charge in [-0.25, -0.2) is 18.1 Å². The Balaban J connectivity index is 3.06. The lowest BCUT2D eigenvalue weighted by molar-refractivity contribution is 0.581. The Bertz CT molecular complexity index is 355. The van der Waals surface area contributed by atoms with Crippen LogP contribution in [0.25, 0.3) is 0 Å². The molecule has 0 spiro atoms. The van der Waals surface area contributed by atoms with Crippen LogP contribution in [-0.2, 0) is 10.0 Å². The van der Waals surface area contributed by atoms with Gasteiger partial charge < -0.3 is 10.7 Å². The number of nitrogens with two attached hydrogens (primary N) is 1. The van der Waals surface area contributed by atoms with Gasteiger partial charge in [-0.1, -0.05) is 6.92 Å². The monoisotopic (exact) mass is 190 g/mol. The molecule has 0 bridgehead atoms. The zero-order valence-corrected chi connectivity index (χ0v) is 7.35. The van der Waals surface area contributed by atoms with E-state index in [-0.39, 0.29) is 10.8 Å². The van der Waals surface area contributed by atoms with Crippen molar-refractivity contribution in [2.75, 3.05) is 12.3 Å². The lowest BCUT2D eigenvalue weighted by Gasteiger charge is -2.00. The minimum Gasteiger partial charge on any atom is -0.381 e. The van der Waals surface area contributed by atoms with Crippen molar-refractivity contribution in [2.45, 2.75) is 11.9 Å². The first kappa shape index (κ1) is 9.01. The van der Waals surface area contributed by atoms with Gasteiger partial charge >= 0.3 is 0 Å². The van der Waals surface area contributed by atoms with Crippen molar-refractivity contribution in [3.05, 3.63) is 6.33 Å². The lowest BCUT2D eigenvalue weighted by atomic mass is 10.8. The fourth-order valence-electron chi connectivity index (χ4n) is 0.770. The molecule has 0 saturated heterocycles. The molecule has 1 aromatic rings. The quantitative estimate of drug-likeness (QED) is 0.586. The topological polar surface area (TPSA) is 101 Å². The molecule has 0 aliphatic carbocycles. The highest BCUT2D eigenvalue weighted by atomic mass is 32.2. The Labute approximate surface area is 70.2 Å². The molecule has 0 unspecified atom stereocenters. The molecule has 0 aliphatic heterocycles. The smallest absolute Gasteiger partial charge is 0.259 e. The maximum Gasteiger partial charge on any atom is 0.259 e. The number of anilines is 1. The molecule has 0 fully saturated rings. The van der Waals surface area contributed by atoms with Gasteiger partial charge in [0.25, 0.3) is 10.0 Å². The predicted octanol–water partition coefficient (Wildman–Crippen LogP) is -0.710. The van der Waals surface area contributed by atoms with Crippen molar-refractivity contribution in [1.82, 2.24) is 14.7 Å². The van der Waals surface area contributed by atoms with Crippen molar-refractivity contribution in [3.8, 4) is 0 Å². The molecule has 6 nitrogen and oxygen atoms in total. The van der Waals surface area contributed by atoms with Gasteiger partial charge in [-0.3, -0.25) is 0 Å². The molecule has 1 rings (SSSR count). The van der Waals surface area contributed by atoms with E-state index >= 15 is 0 Å². The molecule has 0 saturated carbocycles. The summed E-state index contributed by atoms with van der Waals surface area (Å²) in [5, 5.41) is -0.0793. The summed E-state index contributed by atoms with van der Waals surface area (Å²) in [4.78, 5) is 6.01. The SMILES string of the molecule is CCNS(=O)(=O)c1[nH]cnc1N. The van der Waals surface area contributed by atoms with Crippen LogP contribution in [0.3, 0.4) is 0 Å². The summed E-state index contributed by atoms with van der Waals surface area (Å²) in [6, 6.07) is 0. The van der Waals surface area contributed by atoms with Crippen molar-refractivity contribution < 1.29 is 8.42 Å². The normalized spacial score (nSPS) is 11.8. The van der Waals surface area contributed by atoms with Crippen LogP contribution < -0.4 is 10.5 Å². The molecule has 0 aromatic carbocycles. The number of nitrogen functional groups attached to an aromatic ring is 1. The Morgan fingerprint density at radius 1 is 1.75 bits per heavy atom. The molecule has 1 heterocycles. The zero-order valence-electron chi connectivity index (χ0n) is 6.53. The van der Waals surface area contributed by atoms with E-state index in [9.17, 15) is 8.42 Å². The number of H-pyrrole nitrogens is 1. The summed E-state index contributed by atoms with van der Waals surface area (Å²) in [6.45, 7) is 2.00. The average molecular weight is 190 g/mol. The van der Waals surface area contributed by atoms with Crippen molar-refractivity contribution >= 4 is 15.8 Å². The average Bonchev–Trinajstić information content (AvgIpc) is 2.35. The van der Waals surface area contributed by atoms with Crippen LogP contribution in [0, 0.1) is 0 Å². The van der Waals surface area contributed by atoms with Crippen molar-refractivity contribution in [3.63, 3.8) is 0 Å². The number of sulfonamides is 1. The third kappa shape index (κ3) is 1.56. The fraction of sp³-hybridized carbons (Fsp3) is 0.400. The standard InChI is InChI=1S/C5H10N4O2S/c1-2-9-12(10,11)5-4(6)7-3-8-5/h3,9H,2,6H2,1H3,(H,7,8). The number of hydrogen-bond acceptors (Lipinski definition) is 4. The van der Waals surface area contributed by atoms with Crippen LogP contribution >= 0.6 is 0 Å². The summed E-state index contributed by atoms with van der Waals surface area (Å²) < 4.78 is 24.8. The first-order valence-corrected chi connectivity index (χ1v) is 4.84. The van der Waals surface area contributed by atoms with E-state index in [1.165, 1.54) is 6.33 Å². The molecular weight excluding hydrogens is 180 g/mol. The number of hydrogen-bond donors (Lipinski definition) is 3. The van der Waals surface area contributed by atoms with Gasteiger partial charge in [0.2, 0.25) is 0 Å². The second-order valence-corrected chi connectivity index (χ2v) is 3.82. The van der Waals surface area contributed by atoms with Crippen LogP contribution in [0.1, 0.15) is 6.92 Å². The van der Waals surface area contributed by atoms with Crippen LogP contribution in [0.5, 0.6) is 0 Å². The molecule has 0 radical (unpaired) electrons. The van der Waals surface area contributed by atoms with Gasteiger partial charge in [-0.15, -0.1) is 0 Å².